The maximum Gasteiger partial charge on any atom is 0.329 e. The van der Waals surface area contributed by atoms with Crippen LogP contribution in [-0.4, -0.2) is 46.7 Å². The van der Waals surface area contributed by atoms with Gasteiger partial charge in [-0.05, 0) is 82.1 Å². The molecule has 1 saturated heterocycles. The third-order valence-corrected chi connectivity index (χ3v) is 8.80. The van der Waals surface area contributed by atoms with E-state index in [2.05, 4.69) is 4.98 Å². The van der Waals surface area contributed by atoms with E-state index in [4.69, 9.17) is 4.74 Å². The zero-order valence-corrected chi connectivity index (χ0v) is 19.3. The van der Waals surface area contributed by atoms with E-state index in [-0.39, 0.29) is 23.7 Å². The molecule has 1 unspecified atom stereocenters. The molecule has 1 N–H and O–H groups in total. The number of para-hydroxylation sites is 1. The molecule has 4 aliphatic carbocycles. The Bertz CT molecular complexity index is 1100. The largest absolute Gasteiger partial charge is 0.456 e. The highest BCUT2D eigenvalue weighted by Gasteiger charge is 2.57. The van der Waals surface area contributed by atoms with Crippen LogP contribution in [-0.2, 0) is 14.3 Å². The Morgan fingerprint density at radius 2 is 1.73 bits per heavy atom. The molecule has 1 aliphatic heterocycles. The molecule has 1 atom stereocenters. The molecule has 0 spiro atoms. The molecule has 6 heteroatoms. The fraction of sp³-hybridized carbons (Fsp3) is 0.593. The smallest absolute Gasteiger partial charge is 0.329 e. The van der Waals surface area contributed by atoms with E-state index in [0.717, 1.165) is 42.3 Å². The molecule has 33 heavy (non-hydrogen) atoms. The molecule has 4 bridgehead atoms. The normalized spacial score (nSPS) is 32.5. The summed E-state index contributed by atoms with van der Waals surface area (Å²) in [6.07, 6.45) is 8.27. The average Bonchev–Trinajstić information content (AvgIpc) is 3.39. The summed E-state index contributed by atoms with van der Waals surface area (Å²) in [7, 11) is 0. The number of nitrogens with zero attached hydrogens (tertiary/aromatic N) is 1. The van der Waals surface area contributed by atoms with E-state index >= 15 is 0 Å². The van der Waals surface area contributed by atoms with E-state index in [0.29, 0.717) is 36.3 Å². The molecule has 5 aliphatic rings. The minimum Gasteiger partial charge on any atom is -0.456 e. The second-order valence-electron chi connectivity index (χ2n) is 11.1. The molecule has 174 valence electrons. The highest BCUT2D eigenvalue weighted by atomic mass is 16.5. The minimum atomic E-state index is -0.553. The van der Waals surface area contributed by atoms with Crippen LogP contribution in [0.25, 0.3) is 10.9 Å². The van der Waals surface area contributed by atoms with Gasteiger partial charge in [0.1, 0.15) is 6.04 Å². The summed E-state index contributed by atoms with van der Waals surface area (Å²) >= 11 is 0. The number of ether oxygens (including phenoxy) is 1. The number of fused-ring (bicyclic) bond motifs is 1. The van der Waals surface area contributed by atoms with Gasteiger partial charge in [0.2, 0.25) is 11.7 Å². The number of nitrogens with one attached hydrogen (secondary N) is 1. The van der Waals surface area contributed by atoms with Crippen LogP contribution < -0.4 is 0 Å². The number of carbonyl (C=O) groups is 3. The maximum atomic E-state index is 13.8. The second kappa shape index (κ2) is 7.71. The van der Waals surface area contributed by atoms with E-state index in [9.17, 15) is 14.4 Å². The van der Waals surface area contributed by atoms with E-state index in [1.54, 1.807) is 4.90 Å². The zero-order chi connectivity index (χ0) is 22.7. The van der Waals surface area contributed by atoms with E-state index in [1.807, 2.05) is 31.2 Å². The standard InChI is InChI=1S/C27H32N2O4/c1-16-24(20-5-2-3-6-21(20)28-16)23(30)15-33-25(31)22-7-4-8-29(22)26(32)27-12-17-9-18(13-27)11-19(10-17)14-27/h2-3,5-6,17-19,22,28H,4,7-15H2,1H3. The van der Waals surface area contributed by atoms with Crippen LogP contribution >= 0.6 is 0 Å². The molecule has 5 fully saturated rings. The van der Waals surface area contributed by atoms with Gasteiger partial charge in [-0.2, -0.15) is 0 Å². The molecule has 2 aromatic rings. The zero-order valence-electron chi connectivity index (χ0n) is 19.3. The number of aromatic nitrogens is 1. The number of hydrogen-bond donors (Lipinski definition) is 1. The number of aromatic amines is 1. The predicted octanol–water partition coefficient (Wildman–Crippen LogP) is 4.41. The van der Waals surface area contributed by atoms with Crippen molar-refractivity contribution < 1.29 is 19.1 Å². The monoisotopic (exact) mass is 448 g/mol. The summed E-state index contributed by atoms with van der Waals surface area (Å²) in [4.78, 5) is 44.8. The number of likely N-dealkylation sites (tertiary alicyclic amines) is 1. The van der Waals surface area contributed by atoms with Gasteiger partial charge < -0.3 is 14.6 Å². The molecule has 2 heterocycles. The van der Waals surface area contributed by atoms with Gasteiger partial charge in [-0.1, -0.05) is 18.2 Å². The number of Topliss-reactive ketones (excluding diaryl/α,β-unsaturated/α-hetero) is 1. The minimum absolute atomic E-state index is 0.180. The van der Waals surface area contributed by atoms with Crippen molar-refractivity contribution in [2.24, 2.45) is 23.2 Å². The number of amides is 1. The van der Waals surface area contributed by atoms with Crippen LogP contribution in [0, 0.1) is 30.1 Å². The first-order valence-corrected chi connectivity index (χ1v) is 12.5. The Labute approximate surface area is 194 Å². The Kier molecular flexibility index (Phi) is 4.89. The predicted molar refractivity (Wildman–Crippen MR) is 124 cm³/mol. The summed E-state index contributed by atoms with van der Waals surface area (Å²) in [5.74, 6) is 1.59. The van der Waals surface area contributed by atoms with Gasteiger partial charge in [0, 0.05) is 28.7 Å². The number of ketones is 1. The number of H-pyrrole nitrogens is 1. The first-order valence-electron chi connectivity index (χ1n) is 12.5. The number of aryl methyl sites for hydroxylation is 1. The molecule has 6 nitrogen and oxygen atoms in total. The highest BCUT2D eigenvalue weighted by Crippen LogP contribution is 2.60. The van der Waals surface area contributed by atoms with E-state index in [1.165, 1.54) is 19.3 Å². The third-order valence-electron chi connectivity index (χ3n) is 8.80. The molecule has 1 amide bonds. The molecule has 4 saturated carbocycles. The van der Waals surface area contributed by atoms with Crippen molar-refractivity contribution in [1.82, 2.24) is 9.88 Å². The van der Waals surface area contributed by atoms with Crippen molar-refractivity contribution in [3.63, 3.8) is 0 Å². The van der Waals surface area contributed by atoms with Crippen LogP contribution in [0.4, 0.5) is 0 Å². The van der Waals surface area contributed by atoms with Crippen molar-refractivity contribution >= 4 is 28.6 Å². The van der Waals surface area contributed by atoms with Gasteiger partial charge in [-0.25, -0.2) is 4.79 Å². The number of rotatable bonds is 5. The molecule has 1 aromatic carbocycles. The highest BCUT2D eigenvalue weighted by molar-refractivity contribution is 6.10. The summed E-state index contributed by atoms with van der Waals surface area (Å²) in [5, 5.41) is 0.843. The SMILES string of the molecule is Cc1[nH]c2ccccc2c1C(=O)COC(=O)C1CCCN1C(=O)C12CC3CC(CC(C3)C1)C2. The molecular weight excluding hydrogens is 416 g/mol. The summed E-state index contributed by atoms with van der Waals surface area (Å²) in [6.45, 7) is 2.19. The van der Waals surface area contributed by atoms with Gasteiger partial charge in [0.15, 0.2) is 6.61 Å². The Hall–Kier alpha value is -2.63. The van der Waals surface area contributed by atoms with Gasteiger partial charge >= 0.3 is 5.97 Å². The van der Waals surface area contributed by atoms with Crippen molar-refractivity contribution in [1.29, 1.82) is 0 Å². The van der Waals surface area contributed by atoms with Crippen LogP contribution in [0.15, 0.2) is 24.3 Å². The summed E-state index contributed by atoms with van der Waals surface area (Å²) in [5.41, 5.74) is 1.99. The fourth-order valence-electron chi connectivity index (χ4n) is 7.87. The lowest BCUT2D eigenvalue weighted by Gasteiger charge is -2.56. The van der Waals surface area contributed by atoms with Crippen LogP contribution in [0.2, 0.25) is 0 Å². The lowest BCUT2D eigenvalue weighted by atomic mass is 9.49. The van der Waals surface area contributed by atoms with Crippen LogP contribution in [0.3, 0.4) is 0 Å². The average molecular weight is 449 g/mol. The molecular formula is C27H32N2O4. The topological polar surface area (TPSA) is 79.5 Å². The summed E-state index contributed by atoms with van der Waals surface area (Å²) in [6, 6.07) is 7.09. The molecule has 0 radical (unpaired) electrons. The fourth-order valence-corrected chi connectivity index (χ4v) is 7.87. The van der Waals surface area contributed by atoms with E-state index < -0.39 is 12.0 Å². The number of benzene rings is 1. The van der Waals surface area contributed by atoms with Crippen molar-refractivity contribution in [3.8, 4) is 0 Å². The number of esters is 1. The lowest BCUT2D eigenvalue weighted by molar-refractivity contribution is -0.165. The second-order valence-corrected chi connectivity index (χ2v) is 11.1. The third kappa shape index (κ3) is 3.41. The number of carbonyl (C=O) groups excluding carboxylic acids is 3. The van der Waals surface area contributed by atoms with Crippen LogP contribution in [0.5, 0.6) is 0 Å². The Morgan fingerprint density at radius 1 is 1.06 bits per heavy atom. The van der Waals surface area contributed by atoms with Crippen molar-refractivity contribution in [2.75, 3.05) is 13.2 Å². The van der Waals surface area contributed by atoms with Gasteiger partial charge in [-0.15, -0.1) is 0 Å². The molecule has 1 aromatic heterocycles. The number of hydrogen-bond acceptors (Lipinski definition) is 4. The lowest BCUT2D eigenvalue weighted by Crippen LogP contribution is -2.56. The summed E-state index contributed by atoms with van der Waals surface area (Å²) < 4.78 is 5.52. The van der Waals surface area contributed by atoms with Crippen molar-refractivity contribution in [2.45, 2.75) is 64.3 Å². The van der Waals surface area contributed by atoms with Crippen molar-refractivity contribution in [3.05, 3.63) is 35.5 Å². The van der Waals surface area contributed by atoms with Gasteiger partial charge in [-0.3, -0.25) is 9.59 Å². The van der Waals surface area contributed by atoms with Gasteiger partial charge in [0.25, 0.3) is 0 Å². The van der Waals surface area contributed by atoms with Crippen LogP contribution in [0.1, 0.15) is 67.4 Å². The molecule has 7 rings (SSSR count). The quantitative estimate of drug-likeness (QED) is 0.543. The Morgan fingerprint density at radius 3 is 2.42 bits per heavy atom. The Balaban J connectivity index is 1.14. The first-order chi connectivity index (χ1) is 15.9. The first kappa shape index (κ1) is 20.9. The van der Waals surface area contributed by atoms with Gasteiger partial charge in [0.05, 0.1) is 5.41 Å². The maximum absolute atomic E-state index is 13.8.